The Morgan fingerprint density at radius 3 is 2.29 bits per heavy atom. The Hall–Kier alpha value is -2.98. The van der Waals surface area contributed by atoms with Crippen molar-refractivity contribution in [2.24, 2.45) is 0 Å². The lowest BCUT2D eigenvalue weighted by Gasteiger charge is -2.43. The highest BCUT2D eigenvalue weighted by atomic mass is 19.3. The summed E-state index contributed by atoms with van der Waals surface area (Å²) < 4.78 is 49.0. The van der Waals surface area contributed by atoms with Gasteiger partial charge in [0.05, 0.1) is 28.9 Å². The van der Waals surface area contributed by atoms with E-state index in [1.807, 2.05) is 0 Å². The first kappa shape index (κ1) is 22.7. The second kappa shape index (κ2) is 8.27. The summed E-state index contributed by atoms with van der Waals surface area (Å²) in [6.45, 7) is 5.25. The second-order valence-electron chi connectivity index (χ2n) is 8.52. The number of nitro groups is 1. The van der Waals surface area contributed by atoms with Gasteiger partial charge in [-0.1, -0.05) is 0 Å². The number of nitrogens with zero attached hydrogens (tertiary/aromatic N) is 4. The van der Waals surface area contributed by atoms with Crippen LogP contribution in [0.5, 0.6) is 0 Å². The van der Waals surface area contributed by atoms with Crippen molar-refractivity contribution in [1.29, 1.82) is 0 Å². The number of hydrogen-bond acceptors (Lipinski definition) is 6. The van der Waals surface area contributed by atoms with Crippen molar-refractivity contribution in [2.45, 2.75) is 32.3 Å². The van der Waals surface area contributed by atoms with E-state index < -0.39 is 34.9 Å². The monoisotopic (exact) mass is 442 g/mol. The summed E-state index contributed by atoms with van der Waals surface area (Å²) in [5.74, 6) is -3.96. The number of piperazine rings is 1. The molecule has 1 aromatic rings. The molecule has 1 fully saturated rings. The highest BCUT2D eigenvalue weighted by Gasteiger charge is 2.44. The number of non-ortho nitro benzene ring substituents is 1. The number of rotatable bonds is 3. The van der Waals surface area contributed by atoms with E-state index in [-0.39, 0.29) is 49.8 Å². The molecule has 11 heteroatoms. The van der Waals surface area contributed by atoms with E-state index in [1.54, 1.807) is 25.7 Å². The first-order valence-corrected chi connectivity index (χ1v) is 9.87. The van der Waals surface area contributed by atoms with Gasteiger partial charge in [-0.15, -0.1) is 0 Å². The lowest BCUT2D eigenvalue weighted by Crippen LogP contribution is -2.54. The molecule has 0 unspecified atom stereocenters. The first-order valence-electron chi connectivity index (χ1n) is 9.87. The molecule has 8 nitrogen and oxygen atoms in total. The Morgan fingerprint density at radius 1 is 1.16 bits per heavy atom. The number of ether oxygens (including phenoxy) is 1. The number of nitro benzene ring substituents is 1. The molecule has 0 aromatic heterocycles. The second-order valence-corrected chi connectivity index (χ2v) is 8.52. The Kier molecular flexibility index (Phi) is 6.06. The van der Waals surface area contributed by atoms with Gasteiger partial charge in [0.15, 0.2) is 5.82 Å². The fraction of sp³-hybridized carbons (Fsp3) is 0.550. The molecule has 3 rings (SSSR count). The van der Waals surface area contributed by atoms with E-state index in [9.17, 15) is 28.1 Å². The Morgan fingerprint density at radius 2 is 1.77 bits per heavy atom. The maximum atomic E-state index is 14.8. The highest BCUT2D eigenvalue weighted by molar-refractivity contribution is 5.69. The minimum Gasteiger partial charge on any atom is -0.444 e. The topological polar surface area (TPSA) is 79.2 Å². The van der Waals surface area contributed by atoms with Crippen molar-refractivity contribution in [2.75, 3.05) is 44.2 Å². The molecular weight excluding hydrogens is 417 g/mol. The zero-order chi connectivity index (χ0) is 23.0. The van der Waals surface area contributed by atoms with Gasteiger partial charge in [0.25, 0.3) is 5.69 Å². The van der Waals surface area contributed by atoms with Gasteiger partial charge in [0.2, 0.25) is 0 Å². The zero-order valence-electron chi connectivity index (χ0n) is 17.6. The largest absolute Gasteiger partial charge is 0.444 e. The summed E-state index contributed by atoms with van der Waals surface area (Å²) in [5, 5.41) is 10.8. The molecule has 170 valence electrons. The molecule has 0 atom stereocenters. The fourth-order valence-corrected chi connectivity index (χ4v) is 3.61. The van der Waals surface area contributed by atoms with E-state index in [0.717, 1.165) is 11.0 Å². The number of benzene rings is 1. The third-order valence-electron chi connectivity index (χ3n) is 5.02. The third-order valence-corrected chi connectivity index (χ3v) is 5.02. The van der Waals surface area contributed by atoms with Crippen LogP contribution in [-0.4, -0.2) is 71.6 Å². The number of amides is 1. The molecule has 2 aliphatic rings. The number of halogens is 3. The van der Waals surface area contributed by atoms with Crippen molar-refractivity contribution in [3.8, 4) is 0 Å². The van der Waals surface area contributed by atoms with Gasteiger partial charge < -0.3 is 14.5 Å². The number of carbonyl (C=O) groups is 1. The van der Waals surface area contributed by atoms with Crippen LogP contribution in [0, 0.1) is 15.9 Å². The average Bonchev–Trinajstić information content (AvgIpc) is 2.66. The number of hydrogen-bond donors (Lipinski definition) is 0. The van der Waals surface area contributed by atoms with Crippen molar-refractivity contribution in [3.63, 3.8) is 0 Å². The van der Waals surface area contributed by atoms with Crippen molar-refractivity contribution in [3.05, 3.63) is 45.9 Å². The maximum absolute atomic E-state index is 14.8. The molecule has 0 radical (unpaired) electrons. The lowest BCUT2D eigenvalue weighted by molar-refractivity contribution is -0.385. The molecule has 0 bridgehead atoms. The number of anilines is 1. The molecule has 31 heavy (non-hydrogen) atoms. The van der Waals surface area contributed by atoms with Crippen LogP contribution in [-0.2, 0) is 4.74 Å². The van der Waals surface area contributed by atoms with Gasteiger partial charge in [-0.2, -0.15) is 8.78 Å². The quantitative estimate of drug-likeness (QED) is 0.526. The zero-order valence-corrected chi connectivity index (χ0v) is 17.6. The van der Waals surface area contributed by atoms with E-state index in [0.29, 0.717) is 0 Å². The third kappa shape index (κ3) is 5.20. The smallest absolute Gasteiger partial charge is 0.410 e. The Labute approximate surface area is 178 Å². The van der Waals surface area contributed by atoms with Crippen molar-refractivity contribution < 1.29 is 27.6 Å². The minimum atomic E-state index is -3.24. The van der Waals surface area contributed by atoms with Gasteiger partial charge >= 0.3 is 12.0 Å². The van der Waals surface area contributed by atoms with Gasteiger partial charge in [-0.05, 0) is 32.9 Å². The standard InChI is InChI=1S/C20H25F3N4O4/c1-19(2,3)31-18(28)26-7-6-17(20(22,23)13-26)25-10-8-24(9-11-25)16-5-4-14(27(29)30)12-15(16)21/h4-6,12H,7-11,13H2,1-3H3. The molecule has 2 heterocycles. The van der Waals surface area contributed by atoms with E-state index in [1.165, 1.54) is 23.1 Å². The van der Waals surface area contributed by atoms with Crippen molar-refractivity contribution in [1.82, 2.24) is 9.80 Å². The normalized spacial score (nSPS) is 19.2. The van der Waals surface area contributed by atoms with Crippen LogP contribution in [0.1, 0.15) is 20.8 Å². The van der Waals surface area contributed by atoms with Crippen LogP contribution in [0.3, 0.4) is 0 Å². The van der Waals surface area contributed by atoms with Gasteiger partial charge in [0.1, 0.15) is 5.60 Å². The van der Waals surface area contributed by atoms with Crippen LogP contribution in [0.2, 0.25) is 0 Å². The Balaban J connectivity index is 1.65. The Bertz CT molecular complexity index is 893. The molecule has 1 saturated heterocycles. The summed E-state index contributed by atoms with van der Waals surface area (Å²) >= 11 is 0. The van der Waals surface area contributed by atoms with Gasteiger partial charge in [-0.3, -0.25) is 15.0 Å². The summed E-state index contributed by atoms with van der Waals surface area (Å²) in [6.07, 6.45) is 0.538. The van der Waals surface area contributed by atoms with E-state index in [2.05, 4.69) is 0 Å². The van der Waals surface area contributed by atoms with E-state index >= 15 is 0 Å². The molecular formula is C20H25F3N4O4. The van der Waals surface area contributed by atoms with Crippen LogP contribution >= 0.6 is 0 Å². The summed E-state index contributed by atoms with van der Waals surface area (Å²) in [4.78, 5) is 26.4. The van der Waals surface area contributed by atoms with Crippen LogP contribution < -0.4 is 4.90 Å². The van der Waals surface area contributed by atoms with Crippen LogP contribution in [0.25, 0.3) is 0 Å². The molecule has 1 aromatic carbocycles. The molecule has 0 N–H and O–H groups in total. The molecule has 2 aliphatic heterocycles. The maximum Gasteiger partial charge on any atom is 0.410 e. The van der Waals surface area contributed by atoms with Gasteiger partial charge in [0, 0.05) is 38.8 Å². The van der Waals surface area contributed by atoms with Gasteiger partial charge in [-0.25, -0.2) is 9.18 Å². The van der Waals surface area contributed by atoms with Crippen LogP contribution in [0.15, 0.2) is 30.0 Å². The first-order chi connectivity index (χ1) is 14.4. The highest BCUT2D eigenvalue weighted by Crippen LogP contribution is 2.33. The molecule has 1 amide bonds. The average molecular weight is 442 g/mol. The predicted molar refractivity (Wildman–Crippen MR) is 108 cm³/mol. The molecule has 0 saturated carbocycles. The van der Waals surface area contributed by atoms with E-state index in [4.69, 9.17) is 4.74 Å². The summed E-state index contributed by atoms with van der Waals surface area (Å²) in [7, 11) is 0. The minimum absolute atomic E-state index is 0.0109. The SMILES string of the molecule is CC(C)(C)OC(=O)N1CC=C(N2CCN(c3ccc([N+](=O)[O-])cc3F)CC2)C(F)(F)C1. The van der Waals surface area contributed by atoms with Crippen LogP contribution in [0.4, 0.5) is 29.3 Å². The molecule has 0 spiro atoms. The summed E-state index contributed by atoms with van der Waals surface area (Å²) in [5.41, 5.74) is -1.08. The molecule has 0 aliphatic carbocycles. The fourth-order valence-electron chi connectivity index (χ4n) is 3.61. The lowest BCUT2D eigenvalue weighted by atomic mass is 10.1. The van der Waals surface area contributed by atoms with Crippen molar-refractivity contribution >= 4 is 17.5 Å². The number of alkyl halides is 2. The summed E-state index contributed by atoms with van der Waals surface area (Å²) in [6, 6.07) is 3.40. The number of carbonyl (C=O) groups excluding carboxylic acids is 1. The predicted octanol–water partition coefficient (Wildman–Crippen LogP) is 3.63.